The van der Waals surface area contributed by atoms with Gasteiger partial charge in [0.2, 0.25) is 0 Å². The largest absolute Gasteiger partial charge is 0.142 e. The van der Waals surface area contributed by atoms with Crippen molar-refractivity contribution in [2.24, 2.45) is 10.8 Å². The molecule has 4 atom stereocenters. The van der Waals surface area contributed by atoms with Crippen LogP contribution in [0.1, 0.15) is 86.5 Å². The van der Waals surface area contributed by atoms with Gasteiger partial charge in [0.15, 0.2) is 0 Å². The average molecular weight is 379 g/mol. The van der Waals surface area contributed by atoms with E-state index in [1.165, 1.54) is 12.8 Å². The van der Waals surface area contributed by atoms with Gasteiger partial charge < -0.3 is 0 Å². The molecule has 0 saturated carbocycles. The van der Waals surface area contributed by atoms with E-state index in [0.717, 1.165) is 0 Å². The normalized spacial score (nSPS) is 34.2. The highest BCUT2D eigenvalue weighted by molar-refractivity contribution is 7.20. The summed E-state index contributed by atoms with van der Waals surface area (Å²) in [5.41, 5.74) is 7.39. The lowest BCUT2D eigenvalue weighted by atomic mass is 9.58. The van der Waals surface area contributed by atoms with E-state index in [9.17, 15) is 0 Å². The zero-order valence-electron chi connectivity index (χ0n) is 16.0. The molecule has 6 aliphatic carbocycles. The molecule has 134 valence electrons. The maximum absolute atomic E-state index is 2.52. The van der Waals surface area contributed by atoms with E-state index in [-0.39, 0.29) is 0 Å². The molecular weight excluding hydrogens is 352 g/mol. The van der Waals surface area contributed by atoms with E-state index >= 15 is 0 Å². The molecule has 2 aromatic heterocycles. The lowest BCUT2D eigenvalue weighted by Crippen LogP contribution is -2.33. The fraction of sp³-hybridized carbons (Fsp3) is 0.500. The molecule has 0 amide bonds. The zero-order valence-corrected chi connectivity index (χ0v) is 17.6. The van der Waals surface area contributed by atoms with E-state index in [2.05, 4.69) is 62.8 Å². The molecule has 0 nitrogen and oxygen atoms in total. The van der Waals surface area contributed by atoms with Gasteiger partial charge in [-0.3, -0.25) is 0 Å². The first-order valence-corrected chi connectivity index (χ1v) is 11.7. The summed E-state index contributed by atoms with van der Waals surface area (Å²) >= 11 is 4.04. The van der Waals surface area contributed by atoms with Gasteiger partial charge in [-0.2, -0.15) is 0 Å². The van der Waals surface area contributed by atoms with E-state index < -0.39 is 0 Å². The van der Waals surface area contributed by atoms with Crippen molar-refractivity contribution in [1.82, 2.24) is 0 Å². The lowest BCUT2D eigenvalue weighted by molar-refractivity contribution is 0.251. The molecule has 0 aliphatic heterocycles. The van der Waals surface area contributed by atoms with Gasteiger partial charge in [0, 0.05) is 33.4 Å². The highest BCUT2D eigenvalue weighted by atomic mass is 32.1. The van der Waals surface area contributed by atoms with Gasteiger partial charge in [-0.05, 0) is 56.7 Å². The van der Waals surface area contributed by atoms with Gasteiger partial charge in [-0.25, -0.2) is 0 Å². The van der Waals surface area contributed by atoms with Crippen LogP contribution in [0.3, 0.4) is 0 Å². The molecular formula is C24H26S2. The van der Waals surface area contributed by atoms with Gasteiger partial charge >= 0.3 is 0 Å². The van der Waals surface area contributed by atoms with Crippen molar-refractivity contribution >= 4 is 22.7 Å². The second-order valence-corrected chi connectivity index (χ2v) is 12.0. The second kappa shape index (κ2) is 4.83. The summed E-state index contributed by atoms with van der Waals surface area (Å²) in [6, 6.07) is 0. The standard InChI is InChI=1S/C24H26S2/c1-23(2)9-13-5-7-17(23)19-15(13)11-25-21(19)22-20-16(12-26-22)14-6-8-18(20)24(3,4)10-14/h5-8,11-14,17-18H,9-10H2,1-4H3/t13-,14-,17-,18-/m1/s1. The van der Waals surface area contributed by atoms with Gasteiger partial charge in [-0.15, -0.1) is 22.7 Å². The molecule has 26 heavy (non-hydrogen) atoms. The Labute approximate surface area is 164 Å². The number of thiophene rings is 2. The van der Waals surface area contributed by atoms with Crippen molar-refractivity contribution in [2.75, 3.05) is 0 Å². The Kier molecular flexibility index (Phi) is 2.95. The number of rotatable bonds is 1. The fourth-order valence-corrected chi connectivity index (χ4v) is 8.82. The van der Waals surface area contributed by atoms with Crippen LogP contribution < -0.4 is 0 Å². The molecule has 0 radical (unpaired) electrons. The summed E-state index contributed by atoms with van der Waals surface area (Å²) in [6.45, 7) is 9.87. The van der Waals surface area contributed by atoms with Crippen molar-refractivity contribution in [3.63, 3.8) is 0 Å². The van der Waals surface area contributed by atoms with Crippen LogP contribution in [-0.2, 0) is 0 Å². The molecule has 0 spiro atoms. The fourth-order valence-electron chi connectivity index (χ4n) is 6.26. The topological polar surface area (TPSA) is 0 Å². The highest BCUT2D eigenvalue weighted by Gasteiger charge is 2.47. The third-order valence-electron chi connectivity index (χ3n) is 7.59. The van der Waals surface area contributed by atoms with Crippen LogP contribution in [0.4, 0.5) is 0 Å². The molecule has 2 heteroatoms. The Morgan fingerprint density at radius 1 is 0.692 bits per heavy atom. The molecule has 6 aliphatic rings. The summed E-state index contributed by atoms with van der Waals surface area (Å²) in [5.74, 6) is 2.45. The Morgan fingerprint density at radius 2 is 1.12 bits per heavy atom. The van der Waals surface area contributed by atoms with Crippen LogP contribution in [0.15, 0.2) is 35.1 Å². The van der Waals surface area contributed by atoms with Gasteiger partial charge in [0.1, 0.15) is 0 Å². The zero-order chi connectivity index (χ0) is 17.8. The van der Waals surface area contributed by atoms with Crippen LogP contribution in [0.25, 0.3) is 9.75 Å². The first-order chi connectivity index (χ1) is 12.4. The van der Waals surface area contributed by atoms with Crippen LogP contribution in [0.2, 0.25) is 0 Å². The summed E-state index contributed by atoms with van der Waals surface area (Å²) in [5, 5.41) is 4.96. The lowest BCUT2D eigenvalue weighted by Gasteiger charge is -2.46. The Bertz CT molecular complexity index is 898. The van der Waals surface area contributed by atoms with E-state index in [4.69, 9.17) is 0 Å². The quantitative estimate of drug-likeness (QED) is 0.444. The number of allylic oxidation sites excluding steroid dienone is 4. The van der Waals surface area contributed by atoms with Crippen LogP contribution in [0.5, 0.6) is 0 Å². The molecule has 0 saturated heterocycles. The SMILES string of the molecule is CC1(C)C[C@H]2C=C[C@@H]1c1c2csc1-c1scc2c1[C@H]1C=C[C@@H]2CC1(C)C. The van der Waals surface area contributed by atoms with Gasteiger partial charge in [0.05, 0.1) is 0 Å². The minimum absolute atomic E-state index is 0.387. The van der Waals surface area contributed by atoms with Crippen molar-refractivity contribution in [3.8, 4) is 9.75 Å². The first-order valence-electron chi connectivity index (χ1n) is 9.96. The molecule has 0 fully saturated rings. The molecule has 0 aromatic carbocycles. The van der Waals surface area contributed by atoms with Crippen molar-refractivity contribution in [1.29, 1.82) is 0 Å². The van der Waals surface area contributed by atoms with Crippen molar-refractivity contribution in [2.45, 2.75) is 64.2 Å². The summed E-state index contributed by atoms with van der Waals surface area (Å²) in [7, 11) is 0. The van der Waals surface area contributed by atoms with Gasteiger partial charge in [0.25, 0.3) is 0 Å². The second-order valence-electron chi connectivity index (χ2n) is 10.2. The third-order valence-corrected chi connectivity index (χ3v) is 9.79. The minimum Gasteiger partial charge on any atom is -0.142 e. The summed E-state index contributed by atoms with van der Waals surface area (Å²) in [6.07, 6.45) is 12.6. The van der Waals surface area contributed by atoms with Crippen LogP contribution in [0, 0.1) is 10.8 Å². The smallest absolute Gasteiger partial charge is 0.0486 e. The minimum atomic E-state index is 0.387. The Balaban J connectivity index is 1.56. The van der Waals surface area contributed by atoms with E-state index in [1.807, 2.05) is 22.7 Å². The highest BCUT2D eigenvalue weighted by Crippen LogP contribution is 2.63. The molecule has 8 rings (SSSR count). The molecule has 4 bridgehead atoms. The predicted molar refractivity (Wildman–Crippen MR) is 114 cm³/mol. The summed E-state index contributed by atoms with van der Waals surface area (Å²) < 4.78 is 0. The van der Waals surface area contributed by atoms with Crippen LogP contribution in [-0.4, -0.2) is 0 Å². The first kappa shape index (κ1) is 15.9. The van der Waals surface area contributed by atoms with E-state index in [0.29, 0.717) is 34.5 Å². The monoisotopic (exact) mass is 378 g/mol. The van der Waals surface area contributed by atoms with Gasteiger partial charge in [-0.1, -0.05) is 52.0 Å². The molecule has 0 unspecified atom stereocenters. The number of hydrogen-bond acceptors (Lipinski definition) is 2. The average Bonchev–Trinajstić information content (AvgIpc) is 3.18. The third kappa shape index (κ3) is 1.85. The predicted octanol–water partition coefficient (Wildman–Crippen LogP) is 7.81. The Hall–Kier alpha value is -1.12. The maximum atomic E-state index is 2.52. The number of fused-ring (bicyclic) bond motifs is 2. The Morgan fingerprint density at radius 3 is 1.50 bits per heavy atom. The molecule has 2 heterocycles. The van der Waals surface area contributed by atoms with Crippen LogP contribution >= 0.6 is 22.7 Å². The summed E-state index contributed by atoms with van der Waals surface area (Å²) in [4.78, 5) is 3.19. The van der Waals surface area contributed by atoms with E-state index in [1.54, 1.807) is 32.0 Å². The molecule has 0 N–H and O–H groups in total. The molecule has 2 aromatic rings. The maximum Gasteiger partial charge on any atom is 0.0486 e. The number of hydrogen-bond donors (Lipinski definition) is 0. The van der Waals surface area contributed by atoms with Crippen molar-refractivity contribution in [3.05, 3.63) is 57.3 Å². The van der Waals surface area contributed by atoms with Crippen molar-refractivity contribution < 1.29 is 0 Å².